The van der Waals surface area contributed by atoms with E-state index < -0.39 is 5.97 Å². The number of aliphatic carboxylic acids is 1. The lowest BCUT2D eigenvalue weighted by atomic mass is 10.2. The van der Waals surface area contributed by atoms with Crippen LogP contribution in [-0.2, 0) is 14.3 Å². The monoisotopic (exact) mass is 159 g/mol. The van der Waals surface area contributed by atoms with Crippen LogP contribution in [0.5, 0.6) is 0 Å². The lowest BCUT2D eigenvalue weighted by Crippen LogP contribution is -2.21. The second-order valence-corrected chi connectivity index (χ2v) is 2.15. The maximum atomic E-state index is 9.89. The number of rotatable bonds is 7. The third-order valence-electron chi connectivity index (χ3n) is 1.21. The van der Waals surface area contributed by atoms with Gasteiger partial charge in [0.2, 0.25) is 0 Å². The lowest BCUT2D eigenvalue weighted by molar-refractivity contribution is -0.305. The molecule has 0 saturated heterocycles. The van der Waals surface area contributed by atoms with Gasteiger partial charge in [0, 0.05) is 5.97 Å². The summed E-state index contributed by atoms with van der Waals surface area (Å²) in [5.41, 5.74) is 0. The van der Waals surface area contributed by atoms with Crippen molar-refractivity contribution in [3.8, 4) is 0 Å². The Hall–Kier alpha value is -1.06. The molecule has 0 amide bonds. The Morgan fingerprint density at radius 1 is 1.36 bits per heavy atom. The summed E-state index contributed by atoms with van der Waals surface area (Å²) in [4.78, 5) is 19.5. The Kier molecular flexibility index (Phi) is 6.37. The smallest absolute Gasteiger partial charge is 0.293 e. The summed E-state index contributed by atoms with van der Waals surface area (Å²) in [5.74, 6) is -1.03. The van der Waals surface area contributed by atoms with Gasteiger partial charge in [-0.1, -0.05) is 0 Å². The second-order valence-electron chi connectivity index (χ2n) is 2.15. The van der Waals surface area contributed by atoms with E-state index in [9.17, 15) is 14.7 Å². The molecule has 4 heteroatoms. The number of carbonyl (C=O) groups is 2. The van der Waals surface area contributed by atoms with Crippen molar-refractivity contribution < 1.29 is 19.4 Å². The molecule has 0 spiro atoms. The highest BCUT2D eigenvalue weighted by atomic mass is 16.5. The molecule has 0 fully saturated rings. The van der Waals surface area contributed by atoms with Crippen LogP contribution in [0.1, 0.15) is 25.7 Å². The van der Waals surface area contributed by atoms with Crippen LogP contribution in [0.25, 0.3) is 0 Å². The second kappa shape index (κ2) is 7.05. The van der Waals surface area contributed by atoms with Crippen LogP contribution in [0.3, 0.4) is 0 Å². The van der Waals surface area contributed by atoms with E-state index in [0.717, 1.165) is 6.42 Å². The predicted molar refractivity (Wildman–Crippen MR) is 35.5 cm³/mol. The zero-order chi connectivity index (χ0) is 8.53. The highest BCUT2D eigenvalue weighted by Gasteiger charge is 1.89. The third-order valence-corrected chi connectivity index (χ3v) is 1.21. The predicted octanol–water partition coefficient (Wildman–Crippen LogP) is -0.530. The van der Waals surface area contributed by atoms with Crippen LogP contribution in [0.15, 0.2) is 0 Å². The molecule has 0 atom stereocenters. The van der Waals surface area contributed by atoms with Crippen LogP contribution in [0, 0.1) is 0 Å². The highest BCUT2D eigenvalue weighted by molar-refractivity contribution is 5.63. The van der Waals surface area contributed by atoms with E-state index in [1.807, 2.05) is 0 Å². The van der Waals surface area contributed by atoms with Gasteiger partial charge in [-0.05, 0) is 25.7 Å². The maximum Gasteiger partial charge on any atom is 0.293 e. The largest absolute Gasteiger partial charge is 0.550 e. The Morgan fingerprint density at radius 2 is 2.09 bits per heavy atom. The number of carboxylic acids is 1. The van der Waals surface area contributed by atoms with Crippen LogP contribution in [0.4, 0.5) is 0 Å². The van der Waals surface area contributed by atoms with Crippen LogP contribution in [-0.4, -0.2) is 19.0 Å². The molecule has 64 valence electrons. The topological polar surface area (TPSA) is 66.4 Å². The summed E-state index contributed by atoms with van der Waals surface area (Å²) < 4.78 is 4.40. The molecule has 0 bridgehead atoms. The van der Waals surface area contributed by atoms with Gasteiger partial charge in [0.15, 0.2) is 0 Å². The SMILES string of the molecule is O=COCCCCCC(=O)[O-]. The number of unbranched alkanes of at least 4 members (excludes halogenated alkanes) is 2. The van der Waals surface area contributed by atoms with Gasteiger partial charge in [0.25, 0.3) is 6.47 Å². The van der Waals surface area contributed by atoms with Gasteiger partial charge in [-0.15, -0.1) is 0 Å². The fourth-order valence-electron chi connectivity index (χ4n) is 0.680. The van der Waals surface area contributed by atoms with Gasteiger partial charge in [0.05, 0.1) is 6.61 Å². The molecule has 0 N–H and O–H groups in total. The lowest BCUT2D eigenvalue weighted by Gasteiger charge is -2.00. The molecule has 0 aromatic heterocycles. The minimum atomic E-state index is -1.03. The Labute approximate surface area is 65.2 Å². The summed E-state index contributed by atoms with van der Waals surface area (Å²) in [7, 11) is 0. The van der Waals surface area contributed by atoms with Crippen molar-refractivity contribution in [3.05, 3.63) is 0 Å². The molecule has 0 aromatic rings. The summed E-state index contributed by atoms with van der Waals surface area (Å²) in [5, 5.41) is 9.89. The molecule has 4 nitrogen and oxygen atoms in total. The fourth-order valence-corrected chi connectivity index (χ4v) is 0.680. The first kappa shape index (κ1) is 9.94. The molecule has 0 unspecified atom stereocenters. The van der Waals surface area contributed by atoms with E-state index in [4.69, 9.17) is 0 Å². The molecule has 0 heterocycles. The van der Waals surface area contributed by atoms with Crippen LogP contribution >= 0.6 is 0 Å². The minimum Gasteiger partial charge on any atom is -0.550 e. The average Bonchev–Trinajstić information content (AvgIpc) is 1.96. The molecular formula is C7H11O4-. The summed E-state index contributed by atoms with van der Waals surface area (Å²) in [6.45, 7) is 0.759. The Balaban J connectivity index is 2.90. The molecule has 0 aliphatic carbocycles. The van der Waals surface area contributed by atoms with Gasteiger partial charge in [0.1, 0.15) is 0 Å². The van der Waals surface area contributed by atoms with Crippen molar-refractivity contribution in [3.63, 3.8) is 0 Å². The summed E-state index contributed by atoms with van der Waals surface area (Å²) in [6, 6.07) is 0. The summed E-state index contributed by atoms with van der Waals surface area (Å²) >= 11 is 0. The molecule has 11 heavy (non-hydrogen) atoms. The molecule has 0 rings (SSSR count). The Bertz CT molecular complexity index is 122. The van der Waals surface area contributed by atoms with Crippen molar-refractivity contribution >= 4 is 12.4 Å². The van der Waals surface area contributed by atoms with Crippen molar-refractivity contribution in [1.82, 2.24) is 0 Å². The maximum absolute atomic E-state index is 9.89. The van der Waals surface area contributed by atoms with Gasteiger partial charge in [-0.2, -0.15) is 0 Å². The fraction of sp³-hybridized carbons (Fsp3) is 0.714. The molecule has 0 radical (unpaired) electrons. The Morgan fingerprint density at radius 3 is 2.64 bits per heavy atom. The van der Waals surface area contributed by atoms with Gasteiger partial charge in [-0.25, -0.2) is 0 Å². The third kappa shape index (κ3) is 8.94. The molecule has 0 aliphatic heterocycles. The highest BCUT2D eigenvalue weighted by Crippen LogP contribution is 1.98. The number of hydrogen-bond donors (Lipinski definition) is 0. The average molecular weight is 159 g/mol. The van der Waals surface area contributed by atoms with E-state index in [0.29, 0.717) is 25.9 Å². The van der Waals surface area contributed by atoms with Gasteiger partial charge >= 0.3 is 0 Å². The standard InChI is InChI=1S/C7H12O4/c8-6-11-5-3-1-2-4-7(9)10/h6H,1-5H2,(H,9,10)/p-1. The van der Waals surface area contributed by atoms with Gasteiger partial charge in [-0.3, -0.25) is 4.79 Å². The van der Waals surface area contributed by atoms with E-state index in [-0.39, 0.29) is 6.42 Å². The van der Waals surface area contributed by atoms with E-state index in [2.05, 4.69) is 4.74 Å². The van der Waals surface area contributed by atoms with E-state index in [1.165, 1.54) is 0 Å². The number of ether oxygens (including phenoxy) is 1. The van der Waals surface area contributed by atoms with Crippen LogP contribution in [0.2, 0.25) is 0 Å². The van der Waals surface area contributed by atoms with Gasteiger partial charge < -0.3 is 14.6 Å². The van der Waals surface area contributed by atoms with Crippen LogP contribution < -0.4 is 5.11 Å². The summed E-state index contributed by atoms with van der Waals surface area (Å²) in [6.07, 6.45) is 2.14. The van der Waals surface area contributed by atoms with Crippen molar-refractivity contribution in [1.29, 1.82) is 0 Å². The zero-order valence-electron chi connectivity index (χ0n) is 6.25. The van der Waals surface area contributed by atoms with Crippen molar-refractivity contribution in [2.45, 2.75) is 25.7 Å². The molecular weight excluding hydrogens is 148 g/mol. The zero-order valence-corrected chi connectivity index (χ0v) is 6.25. The normalized spacial score (nSPS) is 9.09. The first-order valence-electron chi connectivity index (χ1n) is 3.52. The molecule has 0 aromatic carbocycles. The number of carboxylic acid groups (broad SMARTS) is 1. The first-order valence-corrected chi connectivity index (χ1v) is 3.52. The van der Waals surface area contributed by atoms with E-state index >= 15 is 0 Å². The van der Waals surface area contributed by atoms with Crippen molar-refractivity contribution in [2.75, 3.05) is 6.61 Å². The number of carbonyl (C=O) groups excluding carboxylic acids is 2. The first-order chi connectivity index (χ1) is 5.27. The van der Waals surface area contributed by atoms with E-state index in [1.54, 1.807) is 0 Å². The number of hydrogen-bond acceptors (Lipinski definition) is 4. The van der Waals surface area contributed by atoms with Crippen molar-refractivity contribution in [2.24, 2.45) is 0 Å². The quantitative estimate of drug-likeness (QED) is 0.370. The molecule has 0 aliphatic rings. The minimum absolute atomic E-state index is 0.0844. The molecule has 0 saturated carbocycles.